The maximum atomic E-state index is 3.88. The molecule has 2 aliphatic rings. The highest BCUT2D eigenvalue weighted by atomic mass is 15.3. The molecule has 2 fully saturated rings. The Morgan fingerprint density at radius 3 is 2.67 bits per heavy atom. The first-order valence-electron chi connectivity index (χ1n) is 9.10. The average Bonchev–Trinajstić information content (AvgIpc) is 2.42. The van der Waals surface area contributed by atoms with Crippen molar-refractivity contribution in [3.8, 4) is 0 Å². The first-order chi connectivity index (χ1) is 9.94. The van der Waals surface area contributed by atoms with Gasteiger partial charge in [-0.2, -0.15) is 0 Å². The minimum Gasteiger partial charge on any atom is -0.313 e. The van der Waals surface area contributed by atoms with Crippen LogP contribution in [0.2, 0.25) is 0 Å². The van der Waals surface area contributed by atoms with E-state index in [1.54, 1.807) is 0 Å². The second kappa shape index (κ2) is 7.43. The lowest BCUT2D eigenvalue weighted by atomic mass is 9.67. The van der Waals surface area contributed by atoms with Crippen molar-refractivity contribution < 1.29 is 0 Å². The molecule has 0 spiro atoms. The van der Waals surface area contributed by atoms with E-state index in [0.29, 0.717) is 17.5 Å². The summed E-state index contributed by atoms with van der Waals surface area (Å²) in [5.74, 6) is 0.830. The fourth-order valence-electron chi connectivity index (χ4n) is 4.34. The van der Waals surface area contributed by atoms with Gasteiger partial charge in [0, 0.05) is 38.3 Å². The predicted molar refractivity (Wildman–Crippen MR) is 91.7 cm³/mol. The molecule has 3 heteroatoms. The summed E-state index contributed by atoms with van der Waals surface area (Å²) in [7, 11) is 2.26. The molecule has 1 aliphatic heterocycles. The monoisotopic (exact) mass is 295 g/mol. The Morgan fingerprint density at radius 2 is 2.00 bits per heavy atom. The molecule has 124 valence electrons. The molecule has 1 saturated heterocycles. The number of rotatable bonds is 5. The standard InChI is InChI=1S/C18H37N3/c1-6-10-19-17-16(8-7-9-18(17,3)4)14-21-12-11-20(5)15(2)13-21/h15-17,19H,6-14H2,1-5H3. The SMILES string of the molecule is CCCNC1C(CN2CCN(C)C(C)C2)CCCC1(C)C. The molecule has 0 radical (unpaired) electrons. The van der Waals surface area contributed by atoms with Crippen molar-refractivity contribution in [2.45, 2.75) is 65.5 Å². The van der Waals surface area contributed by atoms with E-state index in [1.807, 2.05) is 0 Å². The van der Waals surface area contributed by atoms with Gasteiger partial charge in [0.25, 0.3) is 0 Å². The van der Waals surface area contributed by atoms with E-state index in [4.69, 9.17) is 0 Å². The molecule has 21 heavy (non-hydrogen) atoms. The number of likely N-dealkylation sites (N-methyl/N-ethyl adjacent to an activating group) is 1. The van der Waals surface area contributed by atoms with Crippen molar-refractivity contribution in [1.29, 1.82) is 0 Å². The zero-order valence-corrected chi connectivity index (χ0v) is 15.0. The zero-order chi connectivity index (χ0) is 15.5. The topological polar surface area (TPSA) is 18.5 Å². The third-order valence-corrected chi connectivity index (χ3v) is 5.86. The summed E-state index contributed by atoms with van der Waals surface area (Å²) < 4.78 is 0. The highest BCUT2D eigenvalue weighted by Crippen LogP contribution is 2.39. The largest absolute Gasteiger partial charge is 0.313 e. The Balaban J connectivity index is 1.95. The molecule has 1 heterocycles. The van der Waals surface area contributed by atoms with Crippen LogP contribution in [-0.2, 0) is 0 Å². The smallest absolute Gasteiger partial charge is 0.0192 e. The van der Waals surface area contributed by atoms with Crippen LogP contribution in [0.1, 0.15) is 53.4 Å². The van der Waals surface area contributed by atoms with Gasteiger partial charge in [-0.25, -0.2) is 0 Å². The van der Waals surface area contributed by atoms with Crippen molar-refractivity contribution in [2.75, 3.05) is 39.8 Å². The Hall–Kier alpha value is -0.120. The van der Waals surface area contributed by atoms with Crippen molar-refractivity contribution >= 4 is 0 Å². The van der Waals surface area contributed by atoms with E-state index >= 15 is 0 Å². The molecular weight excluding hydrogens is 258 g/mol. The summed E-state index contributed by atoms with van der Waals surface area (Å²) in [5.41, 5.74) is 0.455. The quantitative estimate of drug-likeness (QED) is 0.841. The van der Waals surface area contributed by atoms with Gasteiger partial charge < -0.3 is 15.1 Å². The molecular formula is C18H37N3. The van der Waals surface area contributed by atoms with Gasteiger partial charge in [0.2, 0.25) is 0 Å². The Labute approximate surface area is 132 Å². The first-order valence-corrected chi connectivity index (χ1v) is 9.10. The van der Waals surface area contributed by atoms with Gasteiger partial charge in [0.05, 0.1) is 0 Å². The number of hydrogen-bond donors (Lipinski definition) is 1. The van der Waals surface area contributed by atoms with Gasteiger partial charge in [-0.1, -0.05) is 27.2 Å². The fraction of sp³-hybridized carbons (Fsp3) is 1.00. The minimum atomic E-state index is 0.455. The van der Waals surface area contributed by atoms with Gasteiger partial charge in [-0.3, -0.25) is 0 Å². The van der Waals surface area contributed by atoms with Crippen LogP contribution in [0.15, 0.2) is 0 Å². The van der Waals surface area contributed by atoms with Crippen LogP contribution in [0.4, 0.5) is 0 Å². The average molecular weight is 296 g/mol. The number of hydrogen-bond acceptors (Lipinski definition) is 3. The maximum absolute atomic E-state index is 3.88. The van der Waals surface area contributed by atoms with Crippen molar-refractivity contribution in [1.82, 2.24) is 15.1 Å². The minimum absolute atomic E-state index is 0.455. The number of nitrogens with one attached hydrogen (secondary N) is 1. The summed E-state index contributed by atoms with van der Waals surface area (Å²) in [6.07, 6.45) is 5.44. The second-order valence-electron chi connectivity index (χ2n) is 8.16. The first kappa shape index (κ1) is 17.2. The van der Waals surface area contributed by atoms with Gasteiger partial charge in [0.15, 0.2) is 0 Å². The fourth-order valence-corrected chi connectivity index (χ4v) is 4.34. The summed E-state index contributed by atoms with van der Waals surface area (Å²) in [6, 6.07) is 1.40. The van der Waals surface area contributed by atoms with Crippen LogP contribution < -0.4 is 5.32 Å². The van der Waals surface area contributed by atoms with E-state index in [9.17, 15) is 0 Å². The van der Waals surface area contributed by atoms with Crippen LogP contribution >= 0.6 is 0 Å². The van der Waals surface area contributed by atoms with Gasteiger partial charge in [-0.05, 0) is 51.1 Å². The zero-order valence-electron chi connectivity index (χ0n) is 15.0. The highest BCUT2D eigenvalue weighted by Gasteiger charge is 2.39. The predicted octanol–water partition coefficient (Wildman–Crippen LogP) is 2.82. The summed E-state index contributed by atoms with van der Waals surface area (Å²) in [4.78, 5) is 5.21. The van der Waals surface area contributed by atoms with Crippen molar-refractivity contribution in [3.05, 3.63) is 0 Å². The molecule has 0 aromatic carbocycles. The van der Waals surface area contributed by atoms with Crippen molar-refractivity contribution in [2.24, 2.45) is 11.3 Å². The molecule has 1 N–H and O–H groups in total. The lowest BCUT2D eigenvalue weighted by Gasteiger charge is -2.47. The van der Waals surface area contributed by atoms with E-state index in [0.717, 1.165) is 5.92 Å². The summed E-state index contributed by atoms with van der Waals surface area (Å²) >= 11 is 0. The molecule has 1 aliphatic carbocycles. The van der Waals surface area contributed by atoms with E-state index in [-0.39, 0.29) is 0 Å². The summed E-state index contributed by atoms with van der Waals surface area (Å²) in [6.45, 7) is 15.8. The van der Waals surface area contributed by atoms with Crippen LogP contribution in [0.5, 0.6) is 0 Å². The summed E-state index contributed by atoms with van der Waals surface area (Å²) in [5, 5.41) is 3.88. The Morgan fingerprint density at radius 1 is 1.24 bits per heavy atom. The number of piperazine rings is 1. The van der Waals surface area contributed by atoms with Crippen LogP contribution in [0, 0.1) is 11.3 Å². The normalized spacial score (nSPS) is 35.0. The van der Waals surface area contributed by atoms with Crippen LogP contribution in [0.25, 0.3) is 0 Å². The molecule has 3 unspecified atom stereocenters. The lowest BCUT2D eigenvalue weighted by Crippen LogP contribution is -2.56. The van der Waals surface area contributed by atoms with Crippen molar-refractivity contribution in [3.63, 3.8) is 0 Å². The molecule has 0 aromatic heterocycles. The lowest BCUT2D eigenvalue weighted by molar-refractivity contribution is 0.0466. The molecule has 3 nitrogen and oxygen atoms in total. The van der Waals surface area contributed by atoms with Gasteiger partial charge >= 0.3 is 0 Å². The number of nitrogens with zero attached hydrogens (tertiary/aromatic N) is 2. The van der Waals surface area contributed by atoms with Crippen LogP contribution in [-0.4, -0.2) is 61.7 Å². The third-order valence-electron chi connectivity index (χ3n) is 5.86. The molecule has 0 aromatic rings. The third kappa shape index (κ3) is 4.43. The molecule has 3 atom stereocenters. The van der Waals surface area contributed by atoms with Crippen LogP contribution in [0.3, 0.4) is 0 Å². The van der Waals surface area contributed by atoms with E-state index in [2.05, 4.69) is 49.9 Å². The van der Waals surface area contributed by atoms with E-state index in [1.165, 1.54) is 58.4 Å². The molecule has 0 amide bonds. The maximum Gasteiger partial charge on any atom is 0.0192 e. The Bertz CT molecular complexity index is 316. The second-order valence-corrected chi connectivity index (χ2v) is 8.16. The molecule has 2 rings (SSSR count). The van der Waals surface area contributed by atoms with Gasteiger partial charge in [0.1, 0.15) is 0 Å². The molecule has 0 bridgehead atoms. The Kier molecular flexibility index (Phi) is 6.10. The molecule has 1 saturated carbocycles. The highest BCUT2D eigenvalue weighted by molar-refractivity contribution is 4.95. The van der Waals surface area contributed by atoms with Gasteiger partial charge in [-0.15, -0.1) is 0 Å². The van der Waals surface area contributed by atoms with E-state index < -0.39 is 0 Å².